The number of carbonyl (C=O) groups is 2. The van der Waals surface area contributed by atoms with Crippen LogP contribution in [0.4, 0.5) is 0 Å². The lowest BCUT2D eigenvalue weighted by molar-refractivity contribution is -0.497. The summed E-state index contributed by atoms with van der Waals surface area (Å²) in [6.07, 6.45) is 6.83. The molecule has 2 amide bonds. The maximum absolute atomic E-state index is 12.6. The van der Waals surface area contributed by atoms with E-state index in [9.17, 15) is 19.7 Å². The second kappa shape index (κ2) is 4.67. The number of hydrogen-bond donors (Lipinski definition) is 2. The van der Waals surface area contributed by atoms with E-state index >= 15 is 0 Å². The van der Waals surface area contributed by atoms with Gasteiger partial charge in [0.1, 0.15) is 5.92 Å². The van der Waals surface area contributed by atoms with Crippen LogP contribution < -0.4 is 10.9 Å². The Morgan fingerprint density at radius 2 is 1.50 bits per heavy atom. The average Bonchev–Trinajstić information content (AvgIpc) is 3.23. The molecule has 0 aromatic carbocycles. The molecule has 5 aliphatic rings. The monoisotopic (exact) mass is 307 g/mol. The fraction of sp³-hybridized carbons (Fsp3) is 0.867. The highest BCUT2D eigenvalue weighted by atomic mass is 16.6. The summed E-state index contributed by atoms with van der Waals surface area (Å²) in [7, 11) is 0. The van der Waals surface area contributed by atoms with E-state index < -0.39 is 22.8 Å². The summed E-state index contributed by atoms with van der Waals surface area (Å²) in [6.45, 7) is 0. The van der Waals surface area contributed by atoms with Gasteiger partial charge in [-0.05, 0) is 56.3 Å². The van der Waals surface area contributed by atoms with E-state index in [1.165, 1.54) is 19.3 Å². The Hall–Kier alpha value is -1.66. The first-order valence-corrected chi connectivity index (χ1v) is 8.20. The fourth-order valence-electron chi connectivity index (χ4n) is 5.43. The molecule has 4 bridgehead atoms. The van der Waals surface area contributed by atoms with E-state index in [-0.39, 0.29) is 17.7 Å². The lowest BCUT2D eigenvalue weighted by Gasteiger charge is -2.55. The average molecular weight is 307 g/mol. The molecule has 0 saturated heterocycles. The van der Waals surface area contributed by atoms with Gasteiger partial charge in [0.15, 0.2) is 0 Å². The molecule has 7 nitrogen and oxygen atoms in total. The first-order chi connectivity index (χ1) is 10.5. The van der Waals surface area contributed by atoms with Crippen LogP contribution in [0.5, 0.6) is 0 Å². The minimum atomic E-state index is -0.781. The van der Waals surface area contributed by atoms with Crippen LogP contribution in [-0.4, -0.2) is 22.8 Å². The van der Waals surface area contributed by atoms with Gasteiger partial charge in [0, 0.05) is 11.3 Å². The number of amides is 2. The normalized spacial score (nSPS) is 44.5. The molecule has 0 spiro atoms. The van der Waals surface area contributed by atoms with Crippen molar-refractivity contribution < 1.29 is 14.5 Å². The first-order valence-electron chi connectivity index (χ1n) is 8.20. The number of nitro groups is 1. The molecule has 0 aromatic rings. The molecule has 5 rings (SSSR count). The highest BCUT2D eigenvalue weighted by Gasteiger charge is 2.56. The lowest BCUT2D eigenvalue weighted by Crippen LogP contribution is -2.57. The zero-order chi connectivity index (χ0) is 15.5. The van der Waals surface area contributed by atoms with Gasteiger partial charge in [0.05, 0.1) is 5.41 Å². The Morgan fingerprint density at radius 3 is 1.95 bits per heavy atom. The lowest BCUT2D eigenvalue weighted by atomic mass is 9.49. The van der Waals surface area contributed by atoms with Crippen molar-refractivity contribution in [2.24, 2.45) is 29.1 Å². The second-order valence-corrected chi connectivity index (χ2v) is 7.84. The molecular formula is C15H21N3O4. The number of nitrogens with one attached hydrogen (secondary N) is 2. The Morgan fingerprint density at radius 1 is 0.955 bits per heavy atom. The van der Waals surface area contributed by atoms with Crippen LogP contribution in [0.1, 0.15) is 44.9 Å². The highest BCUT2D eigenvalue weighted by molar-refractivity contribution is 5.88. The van der Waals surface area contributed by atoms with Crippen LogP contribution >= 0.6 is 0 Å². The predicted molar refractivity (Wildman–Crippen MR) is 75.8 cm³/mol. The number of hydrogen-bond acceptors (Lipinski definition) is 4. The Labute approximate surface area is 128 Å². The van der Waals surface area contributed by atoms with E-state index in [1.54, 1.807) is 0 Å². The summed E-state index contributed by atoms with van der Waals surface area (Å²) in [5.41, 5.74) is 4.66. The molecule has 2 atom stereocenters. The van der Waals surface area contributed by atoms with Crippen molar-refractivity contribution in [3.8, 4) is 0 Å². The number of rotatable bonds is 3. The van der Waals surface area contributed by atoms with Gasteiger partial charge >= 0.3 is 0 Å². The molecule has 0 radical (unpaired) electrons. The molecule has 2 N–H and O–H groups in total. The number of carbonyl (C=O) groups excluding carboxylic acids is 2. The largest absolute Gasteiger partial charge is 0.273 e. The van der Waals surface area contributed by atoms with Crippen LogP contribution in [0.3, 0.4) is 0 Å². The van der Waals surface area contributed by atoms with Crippen LogP contribution in [0.25, 0.3) is 0 Å². The minimum Gasteiger partial charge on any atom is -0.273 e. The third-order valence-corrected chi connectivity index (χ3v) is 6.18. The van der Waals surface area contributed by atoms with Crippen molar-refractivity contribution >= 4 is 11.8 Å². The topological polar surface area (TPSA) is 101 Å². The number of nitrogens with zero attached hydrogens (tertiary/aromatic N) is 1. The smallest absolute Gasteiger partial charge is 0.248 e. The summed E-state index contributed by atoms with van der Waals surface area (Å²) in [5, 5.41) is 10.6. The molecule has 5 saturated carbocycles. The van der Waals surface area contributed by atoms with Crippen molar-refractivity contribution in [2.75, 3.05) is 0 Å². The van der Waals surface area contributed by atoms with Gasteiger partial charge in [-0.3, -0.25) is 30.6 Å². The summed E-state index contributed by atoms with van der Waals surface area (Å²) in [5.74, 6) is 0.879. The molecule has 7 heteroatoms. The molecular weight excluding hydrogens is 286 g/mol. The summed E-state index contributed by atoms with van der Waals surface area (Å²) < 4.78 is 0. The van der Waals surface area contributed by atoms with Crippen molar-refractivity contribution in [3.63, 3.8) is 0 Å². The van der Waals surface area contributed by atoms with Gasteiger partial charge in [-0.15, -0.1) is 0 Å². The van der Waals surface area contributed by atoms with Gasteiger partial charge in [-0.2, -0.15) is 0 Å². The summed E-state index contributed by atoms with van der Waals surface area (Å²) >= 11 is 0. The Balaban J connectivity index is 1.35. The zero-order valence-electron chi connectivity index (χ0n) is 12.4. The van der Waals surface area contributed by atoms with Gasteiger partial charge in [-0.25, -0.2) is 0 Å². The van der Waals surface area contributed by atoms with Gasteiger partial charge < -0.3 is 0 Å². The quantitative estimate of drug-likeness (QED) is 0.600. The van der Waals surface area contributed by atoms with E-state index in [2.05, 4.69) is 10.9 Å². The van der Waals surface area contributed by atoms with E-state index in [0.717, 1.165) is 19.3 Å². The second-order valence-electron chi connectivity index (χ2n) is 7.84. The van der Waals surface area contributed by atoms with Crippen LogP contribution in [0.15, 0.2) is 0 Å². The molecule has 0 unspecified atom stereocenters. The predicted octanol–water partition coefficient (Wildman–Crippen LogP) is 1.02. The van der Waals surface area contributed by atoms with Gasteiger partial charge in [-0.1, -0.05) is 0 Å². The fourth-order valence-corrected chi connectivity index (χ4v) is 5.43. The maximum atomic E-state index is 12.6. The molecule has 120 valence electrons. The Kier molecular flexibility index (Phi) is 2.96. The third-order valence-electron chi connectivity index (χ3n) is 6.18. The van der Waals surface area contributed by atoms with E-state index in [0.29, 0.717) is 17.8 Å². The molecule has 5 aliphatic carbocycles. The van der Waals surface area contributed by atoms with E-state index in [4.69, 9.17) is 0 Å². The Bertz CT molecular complexity index is 512. The van der Waals surface area contributed by atoms with Gasteiger partial charge in [0.25, 0.3) is 0 Å². The van der Waals surface area contributed by atoms with Crippen molar-refractivity contribution in [1.82, 2.24) is 10.9 Å². The number of hydrazine groups is 1. The van der Waals surface area contributed by atoms with Crippen molar-refractivity contribution in [3.05, 3.63) is 10.1 Å². The summed E-state index contributed by atoms with van der Waals surface area (Å²) in [4.78, 5) is 34.6. The van der Waals surface area contributed by atoms with Crippen LogP contribution in [-0.2, 0) is 9.59 Å². The molecule has 0 aromatic heterocycles. The molecule has 0 aliphatic heterocycles. The van der Waals surface area contributed by atoms with Crippen LogP contribution in [0, 0.1) is 39.2 Å². The van der Waals surface area contributed by atoms with Gasteiger partial charge in [0.2, 0.25) is 17.9 Å². The molecule has 0 heterocycles. The standard InChI is InChI=1S/C15H21N3O4/c19-13(11-4-12(11)18(21)22)16-17-14(20)15-5-8-1-9(6-15)3-10(2-8)7-15/h8-12H,1-7H2,(H,16,19)(H,17,20)/t8?,9?,10?,11-,12-,15?/m1/s1. The first kappa shape index (κ1) is 14.0. The molecule has 5 fully saturated rings. The van der Waals surface area contributed by atoms with Crippen molar-refractivity contribution in [1.29, 1.82) is 0 Å². The highest BCUT2D eigenvalue weighted by Crippen LogP contribution is 2.60. The van der Waals surface area contributed by atoms with Crippen molar-refractivity contribution in [2.45, 2.75) is 51.0 Å². The molecule has 22 heavy (non-hydrogen) atoms. The maximum Gasteiger partial charge on any atom is 0.248 e. The summed E-state index contributed by atoms with van der Waals surface area (Å²) in [6, 6.07) is -0.781. The SMILES string of the molecule is O=C(NNC(=O)C12CC3CC(CC(C3)C1)C2)[C@@H]1C[C@H]1[N+](=O)[O-]. The van der Waals surface area contributed by atoms with E-state index in [1.807, 2.05) is 0 Å². The minimum absolute atomic E-state index is 0.0850. The zero-order valence-corrected chi connectivity index (χ0v) is 12.4. The van der Waals surface area contributed by atoms with Crippen LogP contribution in [0.2, 0.25) is 0 Å². The third kappa shape index (κ3) is 2.18.